The van der Waals surface area contributed by atoms with Gasteiger partial charge in [0.05, 0.1) is 6.54 Å². The molecule has 2 rings (SSSR count). The molecule has 0 saturated heterocycles. The second-order valence-corrected chi connectivity index (χ2v) is 3.03. The molecule has 1 aromatic rings. The van der Waals surface area contributed by atoms with Crippen LogP contribution < -0.4 is 5.73 Å². The average Bonchev–Trinajstić information content (AvgIpc) is 2.61. The highest BCUT2D eigenvalue weighted by Crippen LogP contribution is 2.23. The number of rotatable bonds is 2. The third kappa shape index (κ3) is 1.42. The van der Waals surface area contributed by atoms with E-state index in [0.29, 0.717) is 6.54 Å². The van der Waals surface area contributed by atoms with E-state index in [1.54, 1.807) is 6.20 Å². The van der Waals surface area contributed by atoms with Gasteiger partial charge in [-0.15, -0.1) is 0 Å². The minimum Gasteiger partial charge on any atom is -0.362 e. The summed E-state index contributed by atoms with van der Waals surface area (Å²) in [6.07, 6.45) is 1.49. The zero-order valence-electron chi connectivity index (χ0n) is 7.92. The molecule has 1 aliphatic heterocycles. The molecule has 1 aromatic heterocycles. The highest BCUT2D eigenvalue weighted by molar-refractivity contribution is 5.84. The molecule has 0 amide bonds. The standard InChI is InChI=1S/C9H12N4O/c1-13-8(6-10)12-14-9(13)7-4-2-3-5-11-7/h2-5,9H,6,10H2,1H3. The average molecular weight is 192 g/mol. The van der Waals surface area contributed by atoms with Crippen molar-refractivity contribution in [2.75, 3.05) is 13.6 Å². The Morgan fingerprint density at radius 2 is 2.43 bits per heavy atom. The largest absolute Gasteiger partial charge is 0.362 e. The van der Waals surface area contributed by atoms with E-state index in [1.165, 1.54) is 0 Å². The van der Waals surface area contributed by atoms with Crippen LogP contribution in [-0.2, 0) is 4.84 Å². The van der Waals surface area contributed by atoms with Crippen LogP contribution in [0.2, 0.25) is 0 Å². The number of nitrogens with zero attached hydrogens (tertiary/aromatic N) is 3. The van der Waals surface area contributed by atoms with Gasteiger partial charge in [0, 0.05) is 13.2 Å². The second kappa shape index (κ2) is 3.63. The van der Waals surface area contributed by atoms with Crippen molar-refractivity contribution in [3.63, 3.8) is 0 Å². The maximum absolute atomic E-state index is 5.49. The lowest BCUT2D eigenvalue weighted by Crippen LogP contribution is -2.31. The predicted octanol–water partition coefficient (Wildman–Crippen LogP) is 0.314. The molecule has 74 valence electrons. The summed E-state index contributed by atoms with van der Waals surface area (Å²) in [5, 5.41) is 3.87. The molecule has 5 nitrogen and oxygen atoms in total. The van der Waals surface area contributed by atoms with E-state index in [9.17, 15) is 0 Å². The molecule has 0 spiro atoms. The van der Waals surface area contributed by atoms with Gasteiger partial charge < -0.3 is 15.5 Å². The highest BCUT2D eigenvalue weighted by Gasteiger charge is 2.27. The zero-order chi connectivity index (χ0) is 9.97. The summed E-state index contributed by atoms with van der Waals surface area (Å²) in [5.41, 5.74) is 6.33. The summed E-state index contributed by atoms with van der Waals surface area (Å²) in [7, 11) is 1.89. The smallest absolute Gasteiger partial charge is 0.243 e. The van der Waals surface area contributed by atoms with Crippen LogP contribution in [0.15, 0.2) is 29.6 Å². The van der Waals surface area contributed by atoms with Crippen molar-refractivity contribution in [2.45, 2.75) is 6.23 Å². The number of aromatic nitrogens is 1. The predicted molar refractivity (Wildman–Crippen MR) is 52.3 cm³/mol. The van der Waals surface area contributed by atoms with E-state index in [2.05, 4.69) is 10.1 Å². The number of oxime groups is 1. The van der Waals surface area contributed by atoms with Gasteiger partial charge in [0.2, 0.25) is 6.23 Å². The maximum atomic E-state index is 5.49. The van der Waals surface area contributed by atoms with Crippen LogP contribution in [-0.4, -0.2) is 29.3 Å². The van der Waals surface area contributed by atoms with Crippen LogP contribution in [0.1, 0.15) is 11.9 Å². The summed E-state index contributed by atoms with van der Waals surface area (Å²) in [6, 6.07) is 5.68. The minimum atomic E-state index is -0.241. The first-order chi connectivity index (χ1) is 6.83. The number of hydrogen-bond acceptors (Lipinski definition) is 5. The molecule has 2 heterocycles. The van der Waals surface area contributed by atoms with Crippen LogP contribution in [0.5, 0.6) is 0 Å². The van der Waals surface area contributed by atoms with Crippen molar-refractivity contribution in [1.82, 2.24) is 9.88 Å². The Morgan fingerprint density at radius 3 is 3.00 bits per heavy atom. The molecule has 0 aliphatic carbocycles. The molecule has 14 heavy (non-hydrogen) atoms. The van der Waals surface area contributed by atoms with Crippen LogP contribution in [0.25, 0.3) is 0 Å². The number of likely N-dealkylation sites (N-methyl/N-ethyl adjacent to an activating group) is 1. The zero-order valence-corrected chi connectivity index (χ0v) is 7.92. The Morgan fingerprint density at radius 1 is 1.57 bits per heavy atom. The summed E-state index contributed by atoms with van der Waals surface area (Å²) in [4.78, 5) is 11.3. The van der Waals surface area contributed by atoms with E-state index >= 15 is 0 Å². The molecule has 0 fully saturated rings. The van der Waals surface area contributed by atoms with Gasteiger partial charge >= 0.3 is 0 Å². The first kappa shape index (κ1) is 8.96. The molecule has 0 saturated carbocycles. The van der Waals surface area contributed by atoms with E-state index in [0.717, 1.165) is 11.5 Å². The minimum absolute atomic E-state index is 0.241. The van der Waals surface area contributed by atoms with Crippen molar-refractivity contribution in [2.24, 2.45) is 10.9 Å². The van der Waals surface area contributed by atoms with Crippen molar-refractivity contribution < 1.29 is 4.84 Å². The fourth-order valence-corrected chi connectivity index (χ4v) is 1.34. The summed E-state index contributed by atoms with van der Waals surface area (Å²) in [5.74, 6) is 0.737. The van der Waals surface area contributed by atoms with Crippen LogP contribution >= 0.6 is 0 Å². The Kier molecular flexibility index (Phi) is 2.32. The van der Waals surface area contributed by atoms with Crippen LogP contribution in [0, 0.1) is 0 Å². The van der Waals surface area contributed by atoms with E-state index in [4.69, 9.17) is 10.6 Å². The molecular formula is C9H12N4O. The van der Waals surface area contributed by atoms with Crippen molar-refractivity contribution in [3.8, 4) is 0 Å². The fourth-order valence-electron chi connectivity index (χ4n) is 1.34. The quantitative estimate of drug-likeness (QED) is 0.732. The molecule has 1 atom stereocenters. The second-order valence-electron chi connectivity index (χ2n) is 3.03. The van der Waals surface area contributed by atoms with Gasteiger partial charge in [-0.05, 0) is 12.1 Å². The van der Waals surface area contributed by atoms with Gasteiger partial charge in [0.1, 0.15) is 5.69 Å². The lowest BCUT2D eigenvalue weighted by molar-refractivity contribution is 0.0157. The maximum Gasteiger partial charge on any atom is 0.243 e. The monoisotopic (exact) mass is 192 g/mol. The molecule has 1 aliphatic rings. The number of nitrogens with two attached hydrogens (primary N) is 1. The summed E-state index contributed by atoms with van der Waals surface area (Å²) >= 11 is 0. The molecule has 5 heteroatoms. The van der Waals surface area contributed by atoms with E-state index in [-0.39, 0.29) is 6.23 Å². The molecule has 2 N–H and O–H groups in total. The SMILES string of the molecule is CN1C(CN)=NOC1c1ccccn1. The first-order valence-corrected chi connectivity index (χ1v) is 4.39. The molecule has 0 radical (unpaired) electrons. The summed E-state index contributed by atoms with van der Waals surface area (Å²) in [6.45, 7) is 0.375. The van der Waals surface area contributed by atoms with Crippen molar-refractivity contribution in [1.29, 1.82) is 0 Å². The van der Waals surface area contributed by atoms with Gasteiger partial charge in [-0.1, -0.05) is 11.2 Å². The number of pyridine rings is 1. The topological polar surface area (TPSA) is 63.7 Å². The van der Waals surface area contributed by atoms with Crippen LogP contribution in [0.3, 0.4) is 0 Å². The van der Waals surface area contributed by atoms with Crippen molar-refractivity contribution in [3.05, 3.63) is 30.1 Å². The Balaban J connectivity index is 2.17. The fraction of sp³-hybridized carbons (Fsp3) is 0.333. The Labute approximate surface area is 82.2 Å². The van der Waals surface area contributed by atoms with Gasteiger partial charge in [0.15, 0.2) is 5.84 Å². The van der Waals surface area contributed by atoms with Gasteiger partial charge in [-0.2, -0.15) is 0 Å². The Hall–Kier alpha value is -1.62. The molecule has 0 aromatic carbocycles. The van der Waals surface area contributed by atoms with Gasteiger partial charge in [0.25, 0.3) is 0 Å². The van der Waals surface area contributed by atoms with Gasteiger partial charge in [-0.3, -0.25) is 4.98 Å². The molecule has 1 unspecified atom stereocenters. The number of amidine groups is 1. The highest BCUT2D eigenvalue weighted by atomic mass is 16.7. The van der Waals surface area contributed by atoms with E-state index in [1.807, 2.05) is 30.1 Å². The van der Waals surface area contributed by atoms with Crippen molar-refractivity contribution >= 4 is 5.84 Å². The van der Waals surface area contributed by atoms with Gasteiger partial charge in [-0.25, -0.2) is 0 Å². The summed E-state index contributed by atoms with van der Waals surface area (Å²) < 4.78 is 0. The first-order valence-electron chi connectivity index (χ1n) is 4.39. The lowest BCUT2D eigenvalue weighted by atomic mass is 10.3. The lowest BCUT2D eigenvalue weighted by Gasteiger charge is -2.18. The third-order valence-corrected chi connectivity index (χ3v) is 2.14. The number of hydrogen-bond donors (Lipinski definition) is 1. The third-order valence-electron chi connectivity index (χ3n) is 2.14. The van der Waals surface area contributed by atoms with Crippen LogP contribution in [0.4, 0.5) is 0 Å². The normalized spacial score (nSPS) is 20.6. The van der Waals surface area contributed by atoms with E-state index < -0.39 is 0 Å². The Bertz CT molecular complexity index is 338. The molecule has 0 bridgehead atoms. The molecular weight excluding hydrogens is 180 g/mol.